The summed E-state index contributed by atoms with van der Waals surface area (Å²) in [5.41, 5.74) is 8.47. The second kappa shape index (κ2) is 8.67. The van der Waals surface area contributed by atoms with Crippen LogP contribution >= 0.6 is 0 Å². The fraction of sp³-hybridized carbons (Fsp3) is 0.348. The van der Waals surface area contributed by atoms with Crippen LogP contribution < -0.4 is 21.6 Å². The standard InChI is InChI=1S/C23H27N5O3/c1-2-27-19-8-4-5-9-20(19)28(23(27)31)15-21(29)25-17-14-16(22(24)30)10-11-18(17)26-12-6-3-7-13-26/h4-5,8-11,14H,2-3,6-7,12-13,15H2,1H3,(H2,24,30)(H,25,29). The number of aromatic nitrogens is 2. The molecule has 3 aromatic rings. The van der Waals surface area contributed by atoms with Crippen LogP contribution in [0.1, 0.15) is 36.5 Å². The lowest BCUT2D eigenvalue weighted by Crippen LogP contribution is -2.32. The number of piperidine rings is 1. The molecule has 1 fully saturated rings. The Morgan fingerprint density at radius 2 is 1.68 bits per heavy atom. The van der Waals surface area contributed by atoms with Gasteiger partial charge in [0, 0.05) is 25.2 Å². The summed E-state index contributed by atoms with van der Waals surface area (Å²) >= 11 is 0. The monoisotopic (exact) mass is 421 g/mol. The highest BCUT2D eigenvalue weighted by Crippen LogP contribution is 2.30. The second-order valence-corrected chi connectivity index (χ2v) is 7.79. The highest BCUT2D eigenvalue weighted by Gasteiger charge is 2.19. The quantitative estimate of drug-likeness (QED) is 0.638. The van der Waals surface area contributed by atoms with Gasteiger partial charge in [-0.3, -0.25) is 18.7 Å². The number of anilines is 2. The average Bonchev–Trinajstić information content (AvgIpc) is 3.05. The van der Waals surface area contributed by atoms with Gasteiger partial charge in [-0.15, -0.1) is 0 Å². The molecule has 0 radical (unpaired) electrons. The molecule has 0 saturated carbocycles. The third-order valence-corrected chi connectivity index (χ3v) is 5.79. The Hall–Kier alpha value is -3.55. The number of benzene rings is 2. The van der Waals surface area contributed by atoms with Gasteiger partial charge >= 0.3 is 5.69 Å². The summed E-state index contributed by atoms with van der Waals surface area (Å²) in [6, 6.07) is 12.6. The SMILES string of the molecule is CCn1c(=O)n(CC(=O)Nc2cc(C(N)=O)ccc2N2CCCCC2)c2ccccc21. The first-order valence-electron chi connectivity index (χ1n) is 10.7. The van der Waals surface area contributed by atoms with E-state index in [1.165, 1.54) is 11.0 Å². The molecule has 0 aliphatic carbocycles. The van der Waals surface area contributed by atoms with Crippen molar-refractivity contribution in [1.82, 2.24) is 9.13 Å². The Bertz CT molecular complexity index is 1190. The zero-order valence-corrected chi connectivity index (χ0v) is 17.6. The minimum atomic E-state index is -0.553. The molecule has 8 heteroatoms. The molecule has 2 amide bonds. The second-order valence-electron chi connectivity index (χ2n) is 7.79. The Balaban J connectivity index is 1.65. The van der Waals surface area contributed by atoms with Crippen molar-refractivity contribution in [2.75, 3.05) is 23.3 Å². The number of aryl methyl sites for hydroxylation is 1. The lowest BCUT2D eigenvalue weighted by molar-refractivity contribution is -0.116. The largest absolute Gasteiger partial charge is 0.370 e. The molecule has 31 heavy (non-hydrogen) atoms. The first kappa shape index (κ1) is 20.7. The van der Waals surface area contributed by atoms with Gasteiger partial charge in [0.2, 0.25) is 11.8 Å². The van der Waals surface area contributed by atoms with E-state index in [1.54, 1.807) is 16.7 Å². The first-order valence-corrected chi connectivity index (χ1v) is 10.7. The maximum absolute atomic E-state index is 13.0. The van der Waals surface area contributed by atoms with E-state index in [-0.39, 0.29) is 18.1 Å². The minimum absolute atomic E-state index is 0.118. The van der Waals surface area contributed by atoms with Crippen molar-refractivity contribution in [3.05, 3.63) is 58.5 Å². The fourth-order valence-corrected chi connectivity index (χ4v) is 4.26. The highest BCUT2D eigenvalue weighted by molar-refractivity contribution is 5.99. The Morgan fingerprint density at radius 3 is 2.32 bits per heavy atom. The van der Waals surface area contributed by atoms with Gasteiger partial charge in [0.05, 0.1) is 22.4 Å². The first-order chi connectivity index (χ1) is 15.0. The van der Waals surface area contributed by atoms with Gasteiger partial charge in [0.25, 0.3) is 0 Å². The Kier molecular flexibility index (Phi) is 5.79. The maximum Gasteiger partial charge on any atom is 0.329 e. The van der Waals surface area contributed by atoms with Crippen LogP contribution in [0.25, 0.3) is 11.0 Å². The summed E-state index contributed by atoms with van der Waals surface area (Å²) < 4.78 is 3.13. The number of amides is 2. The van der Waals surface area contributed by atoms with Crippen LogP contribution in [0.4, 0.5) is 11.4 Å². The molecule has 2 heterocycles. The smallest absolute Gasteiger partial charge is 0.329 e. The van der Waals surface area contributed by atoms with E-state index in [1.807, 2.05) is 37.3 Å². The molecule has 0 atom stereocenters. The molecular weight excluding hydrogens is 394 g/mol. The number of carbonyl (C=O) groups excluding carboxylic acids is 2. The molecule has 4 rings (SSSR count). The molecule has 8 nitrogen and oxygen atoms in total. The molecular formula is C23H27N5O3. The van der Waals surface area contributed by atoms with Crippen LogP contribution in [0.15, 0.2) is 47.3 Å². The van der Waals surface area contributed by atoms with E-state index < -0.39 is 5.91 Å². The van der Waals surface area contributed by atoms with Crippen molar-refractivity contribution < 1.29 is 9.59 Å². The predicted molar refractivity (Wildman–Crippen MR) is 122 cm³/mol. The van der Waals surface area contributed by atoms with Gasteiger partial charge in [0.1, 0.15) is 6.54 Å². The van der Waals surface area contributed by atoms with E-state index in [0.717, 1.165) is 37.1 Å². The topological polar surface area (TPSA) is 102 Å². The molecule has 2 aromatic carbocycles. The van der Waals surface area contributed by atoms with E-state index >= 15 is 0 Å². The molecule has 1 aliphatic heterocycles. The van der Waals surface area contributed by atoms with Crippen molar-refractivity contribution in [2.24, 2.45) is 5.73 Å². The van der Waals surface area contributed by atoms with Crippen molar-refractivity contribution >= 4 is 34.2 Å². The fourth-order valence-electron chi connectivity index (χ4n) is 4.26. The molecule has 162 valence electrons. The van der Waals surface area contributed by atoms with Crippen molar-refractivity contribution in [2.45, 2.75) is 39.3 Å². The number of hydrogen-bond donors (Lipinski definition) is 2. The average molecular weight is 422 g/mol. The number of rotatable bonds is 6. The molecule has 3 N–H and O–H groups in total. The van der Waals surface area contributed by atoms with E-state index in [4.69, 9.17) is 5.73 Å². The number of para-hydroxylation sites is 2. The molecule has 0 bridgehead atoms. The van der Waals surface area contributed by atoms with E-state index in [9.17, 15) is 14.4 Å². The highest BCUT2D eigenvalue weighted by atomic mass is 16.2. The van der Waals surface area contributed by atoms with Gasteiger partial charge < -0.3 is 16.0 Å². The zero-order valence-electron chi connectivity index (χ0n) is 17.6. The van der Waals surface area contributed by atoms with E-state index in [0.29, 0.717) is 23.3 Å². The maximum atomic E-state index is 13.0. The molecule has 0 spiro atoms. The number of primary amides is 1. The van der Waals surface area contributed by atoms with Crippen LogP contribution in [-0.2, 0) is 17.9 Å². The van der Waals surface area contributed by atoms with Crippen LogP contribution in [0.2, 0.25) is 0 Å². The number of nitrogens with zero attached hydrogens (tertiary/aromatic N) is 3. The molecule has 1 saturated heterocycles. The summed E-state index contributed by atoms with van der Waals surface area (Å²) in [7, 11) is 0. The summed E-state index contributed by atoms with van der Waals surface area (Å²) in [5, 5.41) is 2.91. The van der Waals surface area contributed by atoms with Gasteiger partial charge in [0.15, 0.2) is 0 Å². The van der Waals surface area contributed by atoms with Crippen molar-refractivity contribution in [3.8, 4) is 0 Å². The summed E-state index contributed by atoms with van der Waals surface area (Å²) in [4.78, 5) is 39.7. The summed E-state index contributed by atoms with van der Waals surface area (Å²) in [6.45, 7) is 4.09. The molecule has 1 aromatic heterocycles. The number of nitrogens with two attached hydrogens (primary N) is 1. The third kappa shape index (κ3) is 4.05. The Labute approximate surface area is 180 Å². The molecule has 1 aliphatic rings. The van der Waals surface area contributed by atoms with Gasteiger partial charge in [-0.2, -0.15) is 0 Å². The van der Waals surface area contributed by atoms with E-state index in [2.05, 4.69) is 10.2 Å². The minimum Gasteiger partial charge on any atom is -0.370 e. The third-order valence-electron chi connectivity index (χ3n) is 5.79. The van der Waals surface area contributed by atoms with Crippen LogP contribution in [0, 0.1) is 0 Å². The van der Waals surface area contributed by atoms with Gasteiger partial charge in [-0.1, -0.05) is 12.1 Å². The number of imidazole rings is 1. The summed E-state index contributed by atoms with van der Waals surface area (Å²) in [6.07, 6.45) is 3.34. The molecule has 0 unspecified atom stereocenters. The predicted octanol–water partition coefficient (Wildman–Crippen LogP) is 2.55. The lowest BCUT2D eigenvalue weighted by Gasteiger charge is -2.30. The normalized spacial score (nSPS) is 14.0. The lowest BCUT2D eigenvalue weighted by atomic mass is 10.1. The van der Waals surface area contributed by atoms with Crippen LogP contribution in [-0.4, -0.2) is 34.0 Å². The van der Waals surface area contributed by atoms with Crippen molar-refractivity contribution in [1.29, 1.82) is 0 Å². The van der Waals surface area contributed by atoms with Gasteiger partial charge in [-0.05, 0) is 56.5 Å². The number of nitrogens with one attached hydrogen (secondary N) is 1. The number of hydrogen-bond acceptors (Lipinski definition) is 4. The van der Waals surface area contributed by atoms with Gasteiger partial charge in [-0.25, -0.2) is 4.79 Å². The number of fused-ring (bicyclic) bond motifs is 1. The van der Waals surface area contributed by atoms with Crippen LogP contribution in [0.5, 0.6) is 0 Å². The zero-order chi connectivity index (χ0) is 22.0. The Morgan fingerprint density at radius 1 is 1.00 bits per heavy atom. The van der Waals surface area contributed by atoms with Crippen LogP contribution in [0.3, 0.4) is 0 Å². The summed E-state index contributed by atoms with van der Waals surface area (Å²) in [5.74, 6) is -0.885. The number of carbonyl (C=O) groups is 2. The van der Waals surface area contributed by atoms with Crippen molar-refractivity contribution in [3.63, 3.8) is 0 Å².